The Hall–Kier alpha value is -6.79. The van der Waals surface area contributed by atoms with Crippen molar-refractivity contribution in [1.82, 2.24) is 15.0 Å². The van der Waals surface area contributed by atoms with E-state index in [0.717, 1.165) is 72.2 Å². The van der Waals surface area contributed by atoms with Crippen LogP contribution >= 0.6 is 0 Å². The fourth-order valence-electron chi connectivity index (χ4n) is 5.71. The zero-order valence-corrected chi connectivity index (χ0v) is 26.6. The number of para-hydroxylation sites is 1. The predicted octanol–water partition coefficient (Wildman–Crippen LogP) is 9.81. The monoisotopic (exact) mass is 632 g/mol. The fraction of sp³-hybridized carbons (Fsp3) is 0. The molecular formula is C43H32N6. The summed E-state index contributed by atoms with van der Waals surface area (Å²) in [5.41, 5.74) is 18.1. The maximum absolute atomic E-state index is 8.45. The summed E-state index contributed by atoms with van der Waals surface area (Å²) in [6.07, 6.45) is 12.9. The third kappa shape index (κ3) is 6.99. The molecule has 8 rings (SSSR count). The van der Waals surface area contributed by atoms with E-state index in [1.165, 1.54) is 0 Å². The lowest BCUT2D eigenvalue weighted by Crippen LogP contribution is -2.15. The summed E-state index contributed by atoms with van der Waals surface area (Å²) in [5.74, 6) is 0. The van der Waals surface area contributed by atoms with E-state index in [2.05, 4.69) is 51.4 Å². The minimum atomic E-state index is 0.213. The summed E-state index contributed by atoms with van der Waals surface area (Å²) in [6.45, 7) is 0. The molecule has 0 bridgehead atoms. The van der Waals surface area contributed by atoms with Crippen molar-refractivity contribution in [2.75, 3.05) is 5.73 Å². The van der Waals surface area contributed by atoms with Crippen molar-refractivity contribution in [2.24, 2.45) is 0 Å². The highest BCUT2D eigenvalue weighted by molar-refractivity contribution is 6.61. The molecule has 3 heterocycles. The van der Waals surface area contributed by atoms with E-state index in [0.29, 0.717) is 0 Å². The van der Waals surface area contributed by atoms with Gasteiger partial charge in [-0.15, -0.1) is 0 Å². The molecule has 49 heavy (non-hydrogen) atoms. The molecule has 0 atom stereocenters. The Labute approximate surface area is 285 Å². The van der Waals surface area contributed by atoms with E-state index in [-0.39, 0.29) is 11.4 Å². The van der Waals surface area contributed by atoms with Crippen LogP contribution in [0.1, 0.15) is 11.1 Å². The summed E-state index contributed by atoms with van der Waals surface area (Å²) in [4.78, 5) is 12.8. The molecule has 7 aromatic rings. The number of nitrogens with one attached hydrogen (secondary N) is 2. The minimum Gasteiger partial charge on any atom is -0.399 e. The van der Waals surface area contributed by atoms with Crippen LogP contribution in [-0.4, -0.2) is 26.4 Å². The second-order valence-electron chi connectivity index (χ2n) is 11.6. The van der Waals surface area contributed by atoms with Gasteiger partial charge >= 0.3 is 0 Å². The summed E-state index contributed by atoms with van der Waals surface area (Å²) < 4.78 is 0. The number of anilines is 1. The molecule has 0 saturated heterocycles. The first-order chi connectivity index (χ1) is 24.0. The molecule has 0 aliphatic heterocycles. The lowest BCUT2D eigenvalue weighted by Gasteiger charge is -2.17. The summed E-state index contributed by atoms with van der Waals surface area (Å²) >= 11 is 0. The topological polar surface area (TPSA) is 112 Å². The number of aromatic nitrogens is 3. The standard InChI is InChI=1S/C28H20N4.C15H12N2/c29-27-16-25(21-7-5-19(6-8-21)23-3-1-13-31-17-23)15-26(28(27)30)22-11-9-20(10-12-22)24-4-2-14-32-18-24;16-14-7-5-11(6-8-14)13-9-12-3-1-2-4-15(12)17-10-13/h1-18,29-30H;1-10H,16H2. The van der Waals surface area contributed by atoms with Gasteiger partial charge in [-0.05, 0) is 93.1 Å². The van der Waals surface area contributed by atoms with Crippen LogP contribution in [0.3, 0.4) is 0 Å². The second-order valence-corrected chi connectivity index (χ2v) is 11.6. The van der Waals surface area contributed by atoms with Gasteiger partial charge in [0.25, 0.3) is 0 Å². The van der Waals surface area contributed by atoms with E-state index in [1.54, 1.807) is 18.5 Å². The van der Waals surface area contributed by atoms with Crippen LogP contribution in [0.4, 0.5) is 5.69 Å². The summed E-state index contributed by atoms with van der Waals surface area (Å²) in [5, 5.41) is 18.0. The Kier molecular flexibility index (Phi) is 8.76. The van der Waals surface area contributed by atoms with Gasteiger partial charge in [0, 0.05) is 53.2 Å². The number of nitrogens with zero attached hydrogens (tertiary/aromatic N) is 3. The number of nitrogen functional groups attached to an aromatic ring is 1. The van der Waals surface area contributed by atoms with Crippen LogP contribution in [-0.2, 0) is 0 Å². The van der Waals surface area contributed by atoms with E-state index < -0.39 is 0 Å². The fourth-order valence-corrected chi connectivity index (χ4v) is 5.71. The van der Waals surface area contributed by atoms with Crippen molar-refractivity contribution in [1.29, 1.82) is 10.8 Å². The number of benzene rings is 4. The second kappa shape index (κ2) is 13.9. The van der Waals surface area contributed by atoms with Gasteiger partial charge in [-0.2, -0.15) is 0 Å². The molecule has 0 spiro atoms. The van der Waals surface area contributed by atoms with Crippen molar-refractivity contribution in [3.05, 3.63) is 182 Å². The van der Waals surface area contributed by atoms with E-state index in [4.69, 9.17) is 16.6 Å². The Morgan fingerprint density at radius 2 is 1.02 bits per heavy atom. The number of hydrogen-bond donors (Lipinski definition) is 3. The number of nitrogens with two attached hydrogens (primary N) is 1. The van der Waals surface area contributed by atoms with Gasteiger partial charge in [0.15, 0.2) is 0 Å². The Balaban J connectivity index is 0.000000186. The molecule has 1 aliphatic carbocycles. The van der Waals surface area contributed by atoms with Crippen molar-refractivity contribution in [3.8, 4) is 33.4 Å². The first kappa shape index (κ1) is 30.8. The van der Waals surface area contributed by atoms with Gasteiger partial charge in [-0.25, -0.2) is 0 Å². The van der Waals surface area contributed by atoms with E-state index in [1.807, 2.05) is 116 Å². The Morgan fingerprint density at radius 1 is 0.469 bits per heavy atom. The lowest BCUT2D eigenvalue weighted by atomic mass is 9.87. The van der Waals surface area contributed by atoms with Gasteiger partial charge in [-0.1, -0.05) is 91.0 Å². The van der Waals surface area contributed by atoms with Gasteiger partial charge in [0.05, 0.1) is 16.9 Å². The lowest BCUT2D eigenvalue weighted by molar-refractivity contribution is 1.33. The smallest absolute Gasteiger partial charge is 0.0867 e. The normalized spacial score (nSPS) is 12.5. The molecule has 0 saturated carbocycles. The molecular weight excluding hydrogens is 601 g/mol. The van der Waals surface area contributed by atoms with E-state index >= 15 is 0 Å². The maximum Gasteiger partial charge on any atom is 0.0867 e. The first-order valence-electron chi connectivity index (χ1n) is 15.9. The largest absolute Gasteiger partial charge is 0.399 e. The Bertz CT molecular complexity index is 2320. The van der Waals surface area contributed by atoms with Crippen LogP contribution in [0.5, 0.6) is 0 Å². The molecule has 234 valence electrons. The van der Waals surface area contributed by atoms with Gasteiger partial charge in [0.1, 0.15) is 0 Å². The van der Waals surface area contributed by atoms with Crippen LogP contribution < -0.4 is 5.73 Å². The number of hydrogen-bond acceptors (Lipinski definition) is 6. The van der Waals surface area contributed by atoms with Crippen LogP contribution in [0.2, 0.25) is 0 Å². The predicted molar refractivity (Wildman–Crippen MR) is 202 cm³/mol. The molecule has 0 unspecified atom stereocenters. The molecule has 3 aromatic heterocycles. The SMILES string of the molecule is N=C1C=C(c2ccc(-c3cccnc3)cc2)C=C(c2ccc(-c3cccnc3)cc2)C1=N.Nc1ccc(-c2cnc3ccccc3c2)cc1. The van der Waals surface area contributed by atoms with Crippen LogP contribution in [0.15, 0.2) is 171 Å². The van der Waals surface area contributed by atoms with Crippen LogP contribution in [0.25, 0.3) is 55.4 Å². The molecule has 4 N–H and O–H groups in total. The van der Waals surface area contributed by atoms with E-state index in [9.17, 15) is 0 Å². The zero-order valence-electron chi connectivity index (χ0n) is 26.6. The molecule has 0 fully saturated rings. The molecule has 6 heteroatoms. The maximum atomic E-state index is 8.45. The highest BCUT2D eigenvalue weighted by Gasteiger charge is 2.19. The zero-order chi connectivity index (χ0) is 33.6. The number of fused-ring (bicyclic) bond motifs is 1. The number of pyridine rings is 3. The minimum absolute atomic E-state index is 0.213. The molecule has 0 radical (unpaired) electrons. The molecule has 4 aromatic carbocycles. The first-order valence-corrected chi connectivity index (χ1v) is 15.9. The van der Waals surface area contributed by atoms with Gasteiger partial charge in [0.2, 0.25) is 0 Å². The third-order valence-electron chi connectivity index (χ3n) is 8.38. The third-order valence-corrected chi connectivity index (χ3v) is 8.38. The molecule has 6 nitrogen and oxygen atoms in total. The summed E-state index contributed by atoms with van der Waals surface area (Å²) in [7, 11) is 0. The number of rotatable bonds is 5. The average molecular weight is 633 g/mol. The van der Waals surface area contributed by atoms with Crippen molar-refractivity contribution < 1.29 is 0 Å². The van der Waals surface area contributed by atoms with Gasteiger partial charge in [-0.3, -0.25) is 25.8 Å². The van der Waals surface area contributed by atoms with Crippen LogP contribution in [0, 0.1) is 10.8 Å². The number of allylic oxidation sites excluding steroid dienone is 4. The van der Waals surface area contributed by atoms with Gasteiger partial charge < -0.3 is 5.73 Å². The van der Waals surface area contributed by atoms with Crippen molar-refractivity contribution >= 4 is 39.2 Å². The summed E-state index contributed by atoms with van der Waals surface area (Å²) in [6, 6.07) is 42.3. The van der Waals surface area contributed by atoms with Crippen molar-refractivity contribution in [2.45, 2.75) is 0 Å². The average Bonchev–Trinajstić information content (AvgIpc) is 3.17. The molecule has 0 amide bonds. The Morgan fingerprint density at radius 3 is 1.63 bits per heavy atom. The quantitative estimate of drug-likeness (QED) is 0.129. The van der Waals surface area contributed by atoms with Crippen molar-refractivity contribution in [3.63, 3.8) is 0 Å². The highest BCUT2D eigenvalue weighted by Crippen LogP contribution is 2.31. The highest BCUT2D eigenvalue weighted by atomic mass is 14.6. The molecule has 1 aliphatic rings.